The molecular formula is C16H24FNO4S2. The molecule has 2 rings (SSSR count). The van der Waals surface area contributed by atoms with Gasteiger partial charge in [0.2, 0.25) is 0 Å². The van der Waals surface area contributed by atoms with Crippen molar-refractivity contribution in [1.82, 2.24) is 4.90 Å². The second-order valence-electron chi connectivity index (χ2n) is 6.50. The molecule has 0 saturated carbocycles. The fourth-order valence-corrected chi connectivity index (χ4v) is 8.13. The van der Waals surface area contributed by atoms with E-state index in [-0.39, 0.29) is 5.75 Å². The minimum Gasteiger partial charge on any atom is -0.301 e. The van der Waals surface area contributed by atoms with Gasteiger partial charge in [-0.3, -0.25) is 0 Å². The van der Waals surface area contributed by atoms with Crippen molar-refractivity contribution >= 4 is 19.7 Å². The zero-order chi connectivity index (χ0) is 18.1. The molecule has 24 heavy (non-hydrogen) atoms. The van der Waals surface area contributed by atoms with E-state index >= 15 is 0 Å². The predicted octanol–water partition coefficient (Wildman–Crippen LogP) is 1.81. The van der Waals surface area contributed by atoms with Crippen LogP contribution in [-0.2, 0) is 19.7 Å². The summed E-state index contributed by atoms with van der Waals surface area (Å²) in [5.41, 5.74) is 0.617. The summed E-state index contributed by atoms with van der Waals surface area (Å²) < 4.78 is 64.2. The van der Waals surface area contributed by atoms with Crippen LogP contribution in [0.25, 0.3) is 0 Å². The zero-order valence-corrected chi connectivity index (χ0v) is 15.8. The Kier molecular flexibility index (Phi) is 5.71. The van der Waals surface area contributed by atoms with Crippen molar-refractivity contribution in [3.63, 3.8) is 0 Å². The highest BCUT2D eigenvalue weighted by Gasteiger charge is 2.48. The lowest BCUT2D eigenvalue weighted by Crippen LogP contribution is -2.45. The van der Waals surface area contributed by atoms with E-state index in [0.29, 0.717) is 12.1 Å². The average molecular weight is 378 g/mol. The third-order valence-corrected chi connectivity index (χ3v) is 8.63. The highest BCUT2D eigenvalue weighted by molar-refractivity contribution is 7.96. The minimum absolute atomic E-state index is 0.204. The molecule has 0 amide bonds. The van der Waals surface area contributed by atoms with Crippen molar-refractivity contribution < 1.29 is 21.2 Å². The van der Waals surface area contributed by atoms with Crippen LogP contribution in [0.15, 0.2) is 23.1 Å². The topological polar surface area (TPSA) is 71.5 Å². The number of aryl methyl sites for hydroxylation is 1. The standard InChI is InChI=1S/C16H24FNO4S2/c1-4-5-8-18(3)14-10-23(19,20)11-16(14)24(21,22)15-9-12(2)6-7-13(15)17/h6-7,9,14,16H,4-5,8,10-11H2,1-3H3/t14-,16-/m0/s1. The highest BCUT2D eigenvalue weighted by Crippen LogP contribution is 2.30. The molecule has 0 aliphatic carbocycles. The summed E-state index contributed by atoms with van der Waals surface area (Å²) in [6, 6.07) is 3.23. The van der Waals surface area contributed by atoms with Gasteiger partial charge in [-0.1, -0.05) is 19.4 Å². The van der Waals surface area contributed by atoms with Crippen LogP contribution in [-0.4, -0.2) is 58.1 Å². The van der Waals surface area contributed by atoms with E-state index in [9.17, 15) is 21.2 Å². The molecule has 0 N–H and O–H groups in total. The Morgan fingerprint density at radius 2 is 1.96 bits per heavy atom. The van der Waals surface area contributed by atoms with Gasteiger partial charge >= 0.3 is 0 Å². The molecule has 1 heterocycles. The summed E-state index contributed by atoms with van der Waals surface area (Å²) in [6.45, 7) is 4.29. The van der Waals surface area contributed by atoms with Crippen molar-refractivity contribution in [2.75, 3.05) is 25.1 Å². The van der Waals surface area contributed by atoms with Crippen molar-refractivity contribution in [2.24, 2.45) is 0 Å². The molecule has 136 valence electrons. The molecule has 0 unspecified atom stereocenters. The minimum atomic E-state index is -4.08. The number of hydrogen-bond donors (Lipinski definition) is 0. The molecule has 5 nitrogen and oxygen atoms in total. The van der Waals surface area contributed by atoms with E-state index in [1.165, 1.54) is 12.1 Å². The van der Waals surface area contributed by atoms with Crippen LogP contribution in [0.2, 0.25) is 0 Å². The molecule has 1 aromatic carbocycles. The van der Waals surface area contributed by atoms with E-state index in [2.05, 4.69) is 0 Å². The molecule has 1 aliphatic heterocycles. The number of unbranched alkanes of at least 4 members (excludes halogenated alkanes) is 1. The van der Waals surface area contributed by atoms with Gasteiger partial charge < -0.3 is 4.90 Å². The normalized spacial score (nSPS) is 23.7. The van der Waals surface area contributed by atoms with E-state index in [4.69, 9.17) is 0 Å². The van der Waals surface area contributed by atoms with Crippen LogP contribution in [0, 0.1) is 12.7 Å². The third-order valence-electron chi connectivity index (χ3n) is 4.49. The summed E-state index contributed by atoms with van der Waals surface area (Å²) in [4.78, 5) is 1.38. The maximum atomic E-state index is 14.1. The Morgan fingerprint density at radius 3 is 2.58 bits per heavy atom. The van der Waals surface area contributed by atoms with E-state index in [1.807, 2.05) is 6.92 Å². The smallest absolute Gasteiger partial charge is 0.186 e. The Balaban J connectivity index is 2.44. The van der Waals surface area contributed by atoms with Crippen molar-refractivity contribution in [1.29, 1.82) is 0 Å². The number of halogens is 1. The number of benzene rings is 1. The summed E-state index contributed by atoms with van der Waals surface area (Å²) in [6.07, 6.45) is 1.77. The molecule has 0 spiro atoms. The molecule has 1 saturated heterocycles. The Hall–Kier alpha value is -0.990. The van der Waals surface area contributed by atoms with Gasteiger partial charge in [0.15, 0.2) is 19.7 Å². The fraction of sp³-hybridized carbons (Fsp3) is 0.625. The van der Waals surface area contributed by atoms with E-state index in [1.54, 1.807) is 18.9 Å². The van der Waals surface area contributed by atoms with Gasteiger partial charge in [-0.15, -0.1) is 0 Å². The lowest BCUT2D eigenvalue weighted by atomic mass is 10.2. The van der Waals surface area contributed by atoms with Crippen LogP contribution >= 0.6 is 0 Å². The predicted molar refractivity (Wildman–Crippen MR) is 92.1 cm³/mol. The van der Waals surface area contributed by atoms with Crippen LogP contribution in [0.1, 0.15) is 25.3 Å². The molecule has 0 bridgehead atoms. The zero-order valence-electron chi connectivity index (χ0n) is 14.2. The average Bonchev–Trinajstić information content (AvgIpc) is 2.84. The number of hydrogen-bond acceptors (Lipinski definition) is 5. The van der Waals surface area contributed by atoms with Crippen LogP contribution < -0.4 is 0 Å². The van der Waals surface area contributed by atoms with Gasteiger partial charge in [-0.2, -0.15) is 0 Å². The highest BCUT2D eigenvalue weighted by atomic mass is 32.2. The number of sulfone groups is 2. The van der Waals surface area contributed by atoms with Crippen LogP contribution in [0.3, 0.4) is 0 Å². The molecular weight excluding hydrogens is 353 g/mol. The first-order chi connectivity index (χ1) is 11.1. The molecule has 0 radical (unpaired) electrons. The van der Waals surface area contributed by atoms with Gasteiger partial charge in [0, 0.05) is 6.04 Å². The van der Waals surface area contributed by atoms with Crippen molar-refractivity contribution in [2.45, 2.75) is 42.9 Å². The van der Waals surface area contributed by atoms with Gasteiger partial charge in [0.25, 0.3) is 0 Å². The lowest BCUT2D eigenvalue weighted by Gasteiger charge is -2.28. The second-order valence-corrected chi connectivity index (χ2v) is 10.8. The third kappa shape index (κ3) is 3.97. The van der Waals surface area contributed by atoms with Crippen LogP contribution in [0.5, 0.6) is 0 Å². The summed E-state index contributed by atoms with van der Waals surface area (Å²) in [5, 5.41) is -1.14. The first-order valence-electron chi connectivity index (χ1n) is 7.99. The number of nitrogens with zero attached hydrogens (tertiary/aromatic N) is 1. The van der Waals surface area contributed by atoms with E-state index < -0.39 is 47.4 Å². The first-order valence-corrected chi connectivity index (χ1v) is 11.4. The van der Waals surface area contributed by atoms with Crippen molar-refractivity contribution in [3.8, 4) is 0 Å². The summed E-state index contributed by atoms with van der Waals surface area (Å²) >= 11 is 0. The fourth-order valence-electron chi connectivity index (χ4n) is 3.07. The van der Waals surface area contributed by atoms with Gasteiger partial charge in [-0.25, -0.2) is 21.2 Å². The molecule has 1 fully saturated rings. The Labute approximate surface area is 143 Å². The van der Waals surface area contributed by atoms with Gasteiger partial charge in [0.05, 0.1) is 16.8 Å². The molecule has 8 heteroatoms. The number of rotatable bonds is 6. The van der Waals surface area contributed by atoms with Crippen LogP contribution in [0.4, 0.5) is 4.39 Å². The summed E-state index contributed by atoms with van der Waals surface area (Å²) in [7, 11) is -5.82. The van der Waals surface area contributed by atoms with E-state index in [0.717, 1.165) is 18.9 Å². The first kappa shape index (κ1) is 19.3. The largest absolute Gasteiger partial charge is 0.301 e. The summed E-state index contributed by atoms with van der Waals surface area (Å²) in [5.74, 6) is -1.49. The maximum absolute atomic E-state index is 14.1. The SMILES string of the molecule is CCCCN(C)[C@H]1CS(=O)(=O)C[C@@H]1S(=O)(=O)c1cc(C)ccc1F. The quantitative estimate of drug-likeness (QED) is 0.756. The Morgan fingerprint density at radius 1 is 1.29 bits per heavy atom. The second kappa shape index (κ2) is 7.09. The monoisotopic (exact) mass is 377 g/mol. The maximum Gasteiger partial charge on any atom is 0.186 e. The van der Waals surface area contributed by atoms with Gasteiger partial charge in [0.1, 0.15) is 10.7 Å². The van der Waals surface area contributed by atoms with Crippen molar-refractivity contribution in [3.05, 3.63) is 29.6 Å². The lowest BCUT2D eigenvalue weighted by molar-refractivity contribution is 0.259. The molecule has 0 aromatic heterocycles. The molecule has 1 aromatic rings. The molecule has 2 atom stereocenters. The van der Waals surface area contributed by atoms with Gasteiger partial charge in [-0.05, 0) is 44.6 Å². The Bertz CT molecular complexity index is 805. The molecule has 1 aliphatic rings.